The van der Waals surface area contributed by atoms with E-state index >= 15 is 0 Å². The average molecular weight is 227 g/mol. The number of halogens is 1. The standard InChI is InChI=1S/C13H19ClO/c1-3-4-5-6-7-11-8-9-13(15-2)12(14)10-11/h8-10H,3-7H2,1-2H3. The summed E-state index contributed by atoms with van der Waals surface area (Å²) in [5.41, 5.74) is 1.30. The monoisotopic (exact) mass is 226 g/mol. The van der Waals surface area contributed by atoms with Crippen molar-refractivity contribution in [2.75, 3.05) is 7.11 Å². The van der Waals surface area contributed by atoms with E-state index in [2.05, 4.69) is 13.0 Å². The van der Waals surface area contributed by atoms with Crippen molar-refractivity contribution < 1.29 is 4.74 Å². The molecule has 0 aliphatic heterocycles. The van der Waals surface area contributed by atoms with Gasteiger partial charge in [0, 0.05) is 0 Å². The molecule has 0 amide bonds. The van der Waals surface area contributed by atoms with Crippen molar-refractivity contribution in [1.29, 1.82) is 0 Å². The van der Waals surface area contributed by atoms with Crippen LogP contribution in [-0.2, 0) is 6.42 Å². The zero-order valence-corrected chi connectivity index (χ0v) is 10.3. The molecule has 0 bridgehead atoms. The minimum Gasteiger partial charge on any atom is -0.495 e. The summed E-state index contributed by atoms with van der Waals surface area (Å²) in [6.07, 6.45) is 6.27. The van der Waals surface area contributed by atoms with E-state index in [1.54, 1.807) is 7.11 Å². The topological polar surface area (TPSA) is 9.23 Å². The Bertz CT molecular complexity index is 297. The Kier molecular flexibility index (Phi) is 5.56. The van der Waals surface area contributed by atoms with Gasteiger partial charge in [-0.25, -0.2) is 0 Å². The molecule has 0 N–H and O–H groups in total. The molecule has 1 aromatic rings. The molecule has 84 valence electrons. The third-order valence-electron chi connectivity index (χ3n) is 2.54. The summed E-state index contributed by atoms with van der Waals surface area (Å²) in [4.78, 5) is 0. The molecule has 15 heavy (non-hydrogen) atoms. The number of aryl methyl sites for hydroxylation is 1. The van der Waals surface area contributed by atoms with Gasteiger partial charge in [-0.1, -0.05) is 43.9 Å². The highest BCUT2D eigenvalue weighted by molar-refractivity contribution is 6.32. The average Bonchev–Trinajstić information content (AvgIpc) is 2.25. The Balaban J connectivity index is 2.45. The SMILES string of the molecule is CCCCCCc1ccc(OC)c(Cl)c1. The maximum atomic E-state index is 6.04. The lowest BCUT2D eigenvalue weighted by atomic mass is 10.1. The first kappa shape index (κ1) is 12.4. The van der Waals surface area contributed by atoms with E-state index in [9.17, 15) is 0 Å². The number of rotatable bonds is 6. The number of hydrogen-bond donors (Lipinski definition) is 0. The lowest BCUT2D eigenvalue weighted by molar-refractivity contribution is 0.415. The van der Waals surface area contributed by atoms with Crippen molar-refractivity contribution in [3.8, 4) is 5.75 Å². The van der Waals surface area contributed by atoms with E-state index in [1.807, 2.05) is 12.1 Å². The molecule has 0 heterocycles. The fourth-order valence-corrected chi connectivity index (χ4v) is 1.90. The highest BCUT2D eigenvalue weighted by Gasteiger charge is 2.01. The molecule has 1 nitrogen and oxygen atoms in total. The van der Waals surface area contributed by atoms with E-state index in [-0.39, 0.29) is 0 Å². The predicted octanol–water partition coefficient (Wildman–Crippen LogP) is 4.47. The summed E-state index contributed by atoms with van der Waals surface area (Å²) in [6.45, 7) is 2.23. The second kappa shape index (κ2) is 6.73. The van der Waals surface area contributed by atoms with Gasteiger partial charge in [0.1, 0.15) is 5.75 Å². The first-order valence-electron chi connectivity index (χ1n) is 5.60. The van der Waals surface area contributed by atoms with Gasteiger partial charge in [-0.05, 0) is 30.5 Å². The minimum atomic E-state index is 0.713. The Labute approximate surface area is 97.4 Å². The molecule has 0 saturated heterocycles. The molecule has 0 aliphatic carbocycles. The van der Waals surface area contributed by atoms with Crippen LogP contribution in [0.25, 0.3) is 0 Å². The van der Waals surface area contributed by atoms with Crippen molar-refractivity contribution in [3.05, 3.63) is 28.8 Å². The molecular formula is C13H19ClO. The van der Waals surface area contributed by atoms with Gasteiger partial charge < -0.3 is 4.74 Å². The molecule has 0 fully saturated rings. The van der Waals surface area contributed by atoms with Gasteiger partial charge in [0.15, 0.2) is 0 Å². The van der Waals surface area contributed by atoms with Crippen LogP contribution in [0.4, 0.5) is 0 Å². The lowest BCUT2D eigenvalue weighted by Crippen LogP contribution is -1.89. The summed E-state index contributed by atoms with van der Waals surface area (Å²) in [6, 6.07) is 6.04. The minimum absolute atomic E-state index is 0.713. The summed E-state index contributed by atoms with van der Waals surface area (Å²) in [7, 11) is 1.64. The first-order valence-corrected chi connectivity index (χ1v) is 5.98. The van der Waals surface area contributed by atoms with Gasteiger partial charge in [-0.15, -0.1) is 0 Å². The normalized spacial score (nSPS) is 10.3. The second-order valence-electron chi connectivity index (χ2n) is 3.78. The van der Waals surface area contributed by atoms with Gasteiger partial charge in [-0.2, -0.15) is 0 Å². The Morgan fingerprint density at radius 2 is 2.00 bits per heavy atom. The maximum absolute atomic E-state index is 6.04. The van der Waals surface area contributed by atoms with Crippen molar-refractivity contribution in [1.82, 2.24) is 0 Å². The van der Waals surface area contributed by atoms with Crippen LogP contribution in [0.5, 0.6) is 5.75 Å². The summed E-state index contributed by atoms with van der Waals surface area (Å²) in [5.74, 6) is 0.758. The van der Waals surface area contributed by atoms with Crippen LogP contribution in [0.1, 0.15) is 38.2 Å². The molecule has 2 heteroatoms. The molecule has 0 aliphatic rings. The molecule has 0 saturated carbocycles. The van der Waals surface area contributed by atoms with Crippen LogP contribution in [0.2, 0.25) is 5.02 Å². The number of hydrogen-bond acceptors (Lipinski definition) is 1. The molecule has 0 aromatic heterocycles. The quantitative estimate of drug-likeness (QED) is 0.651. The van der Waals surface area contributed by atoms with Gasteiger partial charge >= 0.3 is 0 Å². The summed E-state index contributed by atoms with van der Waals surface area (Å²) in [5, 5.41) is 0.713. The van der Waals surface area contributed by atoms with Gasteiger partial charge in [0.25, 0.3) is 0 Å². The van der Waals surface area contributed by atoms with Crippen molar-refractivity contribution in [2.45, 2.75) is 39.0 Å². The van der Waals surface area contributed by atoms with E-state index < -0.39 is 0 Å². The molecule has 0 spiro atoms. The fraction of sp³-hybridized carbons (Fsp3) is 0.538. The Morgan fingerprint density at radius 1 is 1.20 bits per heavy atom. The lowest BCUT2D eigenvalue weighted by Gasteiger charge is -2.05. The van der Waals surface area contributed by atoms with Crippen molar-refractivity contribution in [3.63, 3.8) is 0 Å². The van der Waals surface area contributed by atoms with Gasteiger partial charge in [-0.3, -0.25) is 0 Å². The van der Waals surface area contributed by atoms with E-state index in [1.165, 1.54) is 31.2 Å². The number of methoxy groups -OCH3 is 1. The molecular weight excluding hydrogens is 208 g/mol. The first-order chi connectivity index (χ1) is 7.27. The van der Waals surface area contributed by atoms with Crippen LogP contribution >= 0.6 is 11.6 Å². The zero-order chi connectivity index (χ0) is 11.1. The third-order valence-corrected chi connectivity index (χ3v) is 2.83. The van der Waals surface area contributed by atoms with Crippen LogP contribution in [-0.4, -0.2) is 7.11 Å². The third kappa shape index (κ3) is 4.13. The van der Waals surface area contributed by atoms with Crippen molar-refractivity contribution in [2.24, 2.45) is 0 Å². The van der Waals surface area contributed by atoms with E-state index in [0.29, 0.717) is 5.02 Å². The highest BCUT2D eigenvalue weighted by atomic mass is 35.5. The van der Waals surface area contributed by atoms with Crippen LogP contribution < -0.4 is 4.74 Å². The Hall–Kier alpha value is -0.690. The fourth-order valence-electron chi connectivity index (χ4n) is 1.62. The largest absolute Gasteiger partial charge is 0.495 e. The predicted molar refractivity (Wildman–Crippen MR) is 65.9 cm³/mol. The van der Waals surface area contributed by atoms with E-state index in [0.717, 1.165) is 12.2 Å². The Morgan fingerprint density at radius 3 is 2.60 bits per heavy atom. The van der Waals surface area contributed by atoms with Crippen LogP contribution in [0, 0.1) is 0 Å². The molecule has 0 atom stereocenters. The maximum Gasteiger partial charge on any atom is 0.137 e. The van der Waals surface area contributed by atoms with Gasteiger partial charge in [0.2, 0.25) is 0 Å². The second-order valence-corrected chi connectivity index (χ2v) is 4.19. The molecule has 0 radical (unpaired) electrons. The number of ether oxygens (including phenoxy) is 1. The van der Waals surface area contributed by atoms with Crippen LogP contribution in [0.15, 0.2) is 18.2 Å². The zero-order valence-electron chi connectivity index (χ0n) is 9.55. The van der Waals surface area contributed by atoms with Crippen LogP contribution in [0.3, 0.4) is 0 Å². The molecule has 0 unspecified atom stereocenters. The number of benzene rings is 1. The number of unbranched alkanes of at least 4 members (excludes halogenated alkanes) is 3. The van der Waals surface area contributed by atoms with Crippen molar-refractivity contribution >= 4 is 11.6 Å². The molecule has 1 rings (SSSR count). The summed E-state index contributed by atoms with van der Waals surface area (Å²) < 4.78 is 5.11. The molecule has 1 aromatic carbocycles. The summed E-state index contributed by atoms with van der Waals surface area (Å²) >= 11 is 6.04. The highest BCUT2D eigenvalue weighted by Crippen LogP contribution is 2.25. The smallest absolute Gasteiger partial charge is 0.137 e. The van der Waals surface area contributed by atoms with Gasteiger partial charge in [0.05, 0.1) is 12.1 Å². The van der Waals surface area contributed by atoms with E-state index in [4.69, 9.17) is 16.3 Å².